The summed E-state index contributed by atoms with van der Waals surface area (Å²) in [7, 11) is 0. The van der Waals surface area contributed by atoms with E-state index in [9.17, 15) is 9.90 Å². The molecule has 2 unspecified atom stereocenters. The van der Waals surface area contributed by atoms with E-state index in [1.54, 1.807) is 25.1 Å². The summed E-state index contributed by atoms with van der Waals surface area (Å²) >= 11 is 0. The van der Waals surface area contributed by atoms with Gasteiger partial charge in [-0.05, 0) is 19.1 Å². The molecule has 1 aromatic rings. The number of aliphatic hydroxyl groups is 1. The Balaban J connectivity index is 2.94. The van der Waals surface area contributed by atoms with Crippen LogP contribution in [0.5, 0.6) is 0 Å². The maximum atomic E-state index is 10.4. The molecule has 3 N–H and O–H groups in total. The Morgan fingerprint density at radius 1 is 1.62 bits per heavy atom. The molecule has 1 rings (SSSR count). The summed E-state index contributed by atoms with van der Waals surface area (Å²) in [5.41, 5.74) is 6.49. The van der Waals surface area contributed by atoms with E-state index in [1.165, 1.54) is 0 Å². The van der Waals surface area contributed by atoms with Crippen molar-refractivity contribution in [2.45, 2.75) is 19.1 Å². The molecule has 0 fully saturated rings. The molecule has 0 amide bonds. The maximum absolute atomic E-state index is 10.4. The number of hydrogen-bond donors (Lipinski definition) is 2. The van der Waals surface area contributed by atoms with Crippen LogP contribution in [0.15, 0.2) is 18.2 Å². The predicted octanol–water partition coefficient (Wildman–Crippen LogP) is 0.275. The zero-order chi connectivity index (χ0) is 9.84. The van der Waals surface area contributed by atoms with Gasteiger partial charge in [0.25, 0.3) is 0 Å². The number of nitrogens with zero attached hydrogens (tertiary/aromatic N) is 1. The normalized spacial score (nSPS) is 15.0. The molecule has 1 heterocycles. The number of rotatable bonds is 3. The monoisotopic (exact) mass is 180 g/mol. The zero-order valence-corrected chi connectivity index (χ0v) is 7.34. The van der Waals surface area contributed by atoms with Crippen molar-refractivity contribution in [1.29, 1.82) is 0 Å². The third-order valence-electron chi connectivity index (χ3n) is 1.77. The number of aliphatic hydroxyl groups excluding tert-OH is 1. The van der Waals surface area contributed by atoms with E-state index in [0.717, 1.165) is 0 Å². The minimum Gasteiger partial charge on any atom is -0.391 e. The van der Waals surface area contributed by atoms with Crippen molar-refractivity contribution in [2.24, 2.45) is 5.73 Å². The van der Waals surface area contributed by atoms with Gasteiger partial charge in [0.1, 0.15) is 5.69 Å². The third kappa shape index (κ3) is 2.34. The lowest BCUT2D eigenvalue weighted by Crippen LogP contribution is -2.24. The molecule has 0 aliphatic carbocycles. The number of pyridine rings is 1. The Kier molecular flexibility index (Phi) is 3.11. The topological polar surface area (TPSA) is 76.2 Å². The van der Waals surface area contributed by atoms with Crippen LogP contribution in [-0.4, -0.2) is 22.5 Å². The fourth-order valence-electron chi connectivity index (χ4n) is 0.967. The number of aldehydes is 1. The van der Waals surface area contributed by atoms with Gasteiger partial charge in [-0.2, -0.15) is 0 Å². The molecule has 0 saturated heterocycles. The second-order valence-electron chi connectivity index (χ2n) is 2.87. The van der Waals surface area contributed by atoms with Gasteiger partial charge < -0.3 is 10.8 Å². The van der Waals surface area contributed by atoms with Crippen LogP contribution in [0.25, 0.3) is 0 Å². The molecule has 13 heavy (non-hydrogen) atoms. The number of carbonyl (C=O) groups excluding carboxylic acids is 1. The molecule has 2 atom stereocenters. The van der Waals surface area contributed by atoms with Gasteiger partial charge in [0, 0.05) is 0 Å². The van der Waals surface area contributed by atoms with E-state index in [4.69, 9.17) is 5.73 Å². The largest absolute Gasteiger partial charge is 0.391 e. The second kappa shape index (κ2) is 4.11. The summed E-state index contributed by atoms with van der Waals surface area (Å²) in [6.45, 7) is 1.58. The highest BCUT2D eigenvalue weighted by atomic mass is 16.3. The number of nitrogens with two attached hydrogens (primary N) is 1. The highest BCUT2D eigenvalue weighted by Crippen LogP contribution is 2.11. The summed E-state index contributed by atoms with van der Waals surface area (Å²) in [4.78, 5) is 14.3. The highest BCUT2D eigenvalue weighted by Gasteiger charge is 2.13. The van der Waals surface area contributed by atoms with E-state index >= 15 is 0 Å². The Morgan fingerprint density at radius 2 is 2.31 bits per heavy atom. The van der Waals surface area contributed by atoms with E-state index < -0.39 is 12.1 Å². The average Bonchev–Trinajstić information content (AvgIpc) is 2.16. The lowest BCUT2D eigenvalue weighted by Gasteiger charge is -2.13. The molecule has 0 aliphatic rings. The van der Waals surface area contributed by atoms with Gasteiger partial charge in [0.2, 0.25) is 0 Å². The predicted molar refractivity (Wildman–Crippen MR) is 48.2 cm³/mol. The highest BCUT2D eigenvalue weighted by molar-refractivity contribution is 5.71. The first kappa shape index (κ1) is 9.83. The number of aromatic nitrogens is 1. The summed E-state index contributed by atoms with van der Waals surface area (Å²) < 4.78 is 0. The van der Waals surface area contributed by atoms with Crippen LogP contribution in [0, 0.1) is 0 Å². The lowest BCUT2D eigenvalue weighted by molar-refractivity contribution is 0.111. The van der Waals surface area contributed by atoms with Crippen molar-refractivity contribution in [3.63, 3.8) is 0 Å². The van der Waals surface area contributed by atoms with Gasteiger partial charge in [-0.25, -0.2) is 4.98 Å². The molecular formula is C9H12N2O2. The van der Waals surface area contributed by atoms with E-state index in [0.29, 0.717) is 17.7 Å². The minimum absolute atomic E-state index is 0.327. The van der Waals surface area contributed by atoms with Crippen LogP contribution in [0.4, 0.5) is 0 Å². The maximum Gasteiger partial charge on any atom is 0.168 e. The van der Waals surface area contributed by atoms with Gasteiger partial charge >= 0.3 is 0 Å². The van der Waals surface area contributed by atoms with Crippen LogP contribution in [0.2, 0.25) is 0 Å². The molecule has 0 aromatic carbocycles. The molecule has 0 bridgehead atoms. The van der Waals surface area contributed by atoms with Crippen LogP contribution < -0.4 is 5.73 Å². The molecule has 4 nitrogen and oxygen atoms in total. The van der Waals surface area contributed by atoms with E-state index in [-0.39, 0.29) is 0 Å². The first-order valence-electron chi connectivity index (χ1n) is 4.01. The van der Waals surface area contributed by atoms with Gasteiger partial charge in [0.05, 0.1) is 17.8 Å². The molecule has 0 aliphatic heterocycles. The first-order chi connectivity index (χ1) is 6.15. The van der Waals surface area contributed by atoms with Crippen molar-refractivity contribution in [3.05, 3.63) is 29.6 Å². The van der Waals surface area contributed by atoms with Crippen molar-refractivity contribution in [2.75, 3.05) is 0 Å². The SMILES string of the molecule is CC(O)C(N)c1cccc(C=O)n1. The lowest BCUT2D eigenvalue weighted by atomic mass is 10.1. The van der Waals surface area contributed by atoms with Gasteiger partial charge in [0.15, 0.2) is 6.29 Å². The second-order valence-corrected chi connectivity index (χ2v) is 2.87. The van der Waals surface area contributed by atoms with Crippen LogP contribution in [-0.2, 0) is 0 Å². The summed E-state index contributed by atoms with van der Waals surface area (Å²) in [5.74, 6) is 0. The van der Waals surface area contributed by atoms with Crippen LogP contribution in [0.1, 0.15) is 29.1 Å². The molecule has 70 valence electrons. The Bertz CT molecular complexity index is 299. The number of carbonyl (C=O) groups is 1. The van der Waals surface area contributed by atoms with E-state index in [2.05, 4.69) is 4.98 Å². The van der Waals surface area contributed by atoms with Crippen molar-refractivity contribution in [3.8, 4) is 0 Å². The summed E-state index contributed by atoms with van der Waals surface area (Å²) in [6.07, 6.45) is -0.0208. The molecule has 1 aromatic heterocycles. The van der Waals surface area contributed by atoms with Gasteiger partial charge in [-0.3, -0.25) is 4.79 Å². The van der Waals surface area contributed by atoms with Gasteiger partial charge in [-0.1, -0.05) is 6.07 Å². The number of hydrogen-bond acceptors (Lipinski definition) is 4. The quantitative estimate of drug-likeness (QED) is 0.655. The Morgan fingerprint density at radius 3 is 2.85 bits per heavy atom. The third-order valence-corrected chi connectivity index (χ3v) is 1.77. The van der Waals surface area contributed by atoms with Crippen LogP contribution >= 0.6 is 0 Å². The minimum atomic E-state index is -0.672. The van der Waals surface area contributed by atoms with Crippen molar-refractivity contribution in [1.82, 2.24) is 4.98 Å². The molecule has 0 spiro atoms. The summed E-state index contributed by atoms with van der Waals surface area (Å²) in [6, 6.07) is 4.42. The zero-order valence-electron chi connectivity index (χ0n) is 7.34. The Labute approximate surface area is 76.4 Å². The first-order valence-corrected chi connectivity index (χ1v) is 4.01. The molecule has 0 radical (unpaired) electrons. The molecule has 4 heteroatoms. The van der Waals surface area contributed by atoms with Crippen LogP contribution in [0.3, 0.4) is 0 Å². The van der Waals surface area contributed by atoms with Crippen molar-refractivity contribution < 1.29 is 9.90 Å². The molecule has 0 saturated carbocycles. The molecular weight excluding hydrogens is 168 g/mol. The smallest absolute Gasteiger partial charge is 0.168 e. The fourth-order valence-corrected chi connectivity index (χ4v) is 0.967. The van der Waals surface area contributed by atoms with E-state index in [1.807, 2.05) is 0 Å². The summed E-state index contributed by atoms with van der Waals surface area (Å²) in [5, 5.41) is 9.18. The standard InChI is InChI=1S/C9H12N2O2/c1-6(13)9(10)8-4-2-3-7(5-12)11-8/h2-6,9,13H,10H2,1H3. The van der Waals surface area contributed by atoms with Gasteiger partial charge in [-0.15, -0.1) is 0 Å². The van der Waals surface area contributed by atoms with Crippen molar-refractivity contribution >= 4 is 6.29 Å². The fraction of sp³-hybridized carbons (Fsp3) is 0.333. The average molecular weight is 180 g/mol. The Hall–Kier alpha value is -1.26.